The molecule has 16 heteroatoms. The summed E-state index contributed by atoms with van der Waals surface area (Å²) < 4.78 is 0. The first kappa shape index (κ1) is 29.7. The fraction of sp³-hybridized carbons (Fsp3) is 0.357. The first-order valence-electron chi connectivity index (χ1n) is 14.3. The summed E-state index contributed by atoms with van der Waals surface area (Å²) in [6.07, 6.45) is 1.42. The highest BCUT2D eigenvalue weighted by Crippen LogP contribution is 2.29. The van der Waals surface area contributed by atoms with Gasteiger partial charge in [-0.25, -0.2) is 4.98 Å². The summed E-state index contributed by atoms with van der Waals surface area (Å²) in [4.78, 5) is 50.3. The molecule has 0 saturated carbocycles. The number of anilines is 5. The van der Waals surface area contributed by atoms with Crippen molar-refractivity contribution in [2.24, 2.45) is 22.9 Å². The van der Waals surface area contributed by atoms with Crippen LogP contribution in [0.4, 0.5) is 29.2 Å². The van der Waals surface area contributed by atoms with E-state index >= 15 is 0 Å². The van der Waals surface area contributed by atoms with Gasteiger partial charge in [0.25, 0.3) is 11.5 Å². The number of para-hydroxylation sites is 2. The number of nitrogens with one attached hydrogen (secondary N) is 3. The van der Waals surface area contributed by atoms with Crippen molar-refractivity contribution in [2.45, 2.75) is 37.0 Å². The average molecular weight is 620 g/mol. The van der Waals surface area contributed by atoms with E-state index in [9.17, 15) is 9.59 Å². The fourth-order valence-corrected chi connectivity index (χ4v) is 5.79. The lowest BCUT2D eigenvalue weighted by Gasteiger charge is -2.37. The number of benzene rings is 2. The number of halogens is 1. The van der Waals surface area contributed by atoms with Crippen molar-refractivity contribution in [3.63, 3.8) is 0 Å². The average Bonchev–Trinajstić information content (AvgIpc) is 2.97. The molecule has 11 N–H and O–H groups in total. The molecule has 6 rings (SSSR count). The van der Waals surface area contributed by atoms with E-state index in [0.717, 1.165) is 0 Å². The van der Waals surface area contributed by atoms with E-state index < -0.39 is 11.5 Å². The van der Waals surface area contributed by atoms with E-state index in [4.69, 9.17) is 39.5 Å². The molecular weight excluding hydrogens is 586 g/mol. The zero-order valence-corrected chi connectivity index (χ0v) is 24.5. The summed E-state index contributed by atoms with van der Waals surface area (Å²) in [6.45, 7) is 2.19. The van der Waals surface area contributed by atoms with Crippen LogP contribution in [0, 0.1) is 0 Å². The topological polar surface area (TPSA) is 236 Å². The molecule has 4 aromatic rings. The predicted octanol–water partition coefficient (Wildman–Crippen LogP) is 0.487. The lowest BCUT2D eigenvalue weighted by molar-refractivity contribution is 0.102. The highest BCUT2D eigenvalue weighted by Gasteiger charge is 2.29. The second-order valence-corrected chi connectivity index (χ2v) is 11.7. The van der Waals surface area contributed by atoms with Crippen LogP contribution >= 0.6 is 11.6 Å². The number of carbonyl (C=O) groups is 1. The molecule has 230 valence electrons. The Morgan fingerprint density at radius 2 is 1.43 bits per heavy atom. The lowest BCUT2D eigenvalue weighted by atomic mass is 10.0. The molecule has 0 spiro atoms. The SMILES string of the molecule is NC1CC(N)CN(c2nc(Nc3ccc(NC(=O)c4nc5ccccc5[nH]c4=O)c(Cl)c3)nc(N3CC(N)CC(N)C3)n2)C1. The van der Waals surface area contributed by atoms with Crippen LogP contribution in [0.25, 0.3) is 11.0 Å². The van der Waals surface area contributed by atoms with E-state index in [1.807, 2.05) is 9.80 Å². The highest BCUT2D eigenvalue weighted by molar-refractivity contribution is 6.34. The maximum Gasteiger partial charge on any atom is 0.280 e. The second-order valence-electron chi connectivity index (χ2n) is 11.3. The van der Waals surface area contributed by atoms with Crippen LogP contribution < -0.4 is 48.9 Å². The minimum Gasteiger partial charge on any atom is -0.338 e. The van der Waals surface area contributed by atoms with Crippen molar-refractivity contribution in [3.05, 3.63) is 63.5 Å². The van der Waals surface area contributed by atoms with Crippen LogP contribution in [-0.4, -0.2) is 81.2 Å². The number of carbonyl (C=O) groups excluding carboxylic acids is 1. The molecule has 2 saturated heterocycles. The van der Waals surface area contributed by atoms with Gasteiger partial charge >= 0.3 is 0 Å². The van der Waals surface area contributed by atoms with Crippen molar-refractivity contribution in [1.29, 1.82) is 0 Å². The third-order valence-corrected chi connectivity index (χ3v) is 7.81. The standard InChI is InChI=1S/C28H34ClN13O2/c29-19-9-18(5-6-20(19)36-24(43)23-25(44)37-22-4-2-1-3-21(22)35-23)34-26-38-27(41-10-14(30)7-15(31)11-41)40-28(39-26)42-12-16(32)8-17(33)13-42/h1-6,9,14-17H,7-8,10-13,30-33H2,(H,36,43)(H,37,44)(H,34,38,39,40). The van der Waals surface area contributed by atoms with Crippen LogP contribution in [0.15, 0.2) is 47.3 Å². The van der Waals surface area contributed by atoms with Gasteiger partial charge in [0.05, 0.1) is 21.7 Å². The van der Waals surface area contributed by atoms with Crippen LogP contribution in [0.3, 0.4) is 0 Å². The Morgan fingerprint density at radius 1 is 0.841 bits per heavy atom. The molecule has 2 aliphatic heterocycles. The summed E-state index contributed by atoms with van der Waals surface area (Å²) >= 11 is 6.55. The van der Waals surface area contributed by atoms with Gasteiger partial charge in [0.1, 0.15) is 0 Å². The smallest absolute Gasteiger partial charge is 0.280 e. The largest absolute Gasteiger partial charge is 0.338 e. The van der Waals surface area contributed by atoms with Crippen LogP contribution in [0.1, 0.15) is 23.3 Å². The molecule has 0 radical (unpaired) electrons. The van der Waals surface area contributed by atoms with E-state index in [0.29, 0.717) is 73.3 Å². The number of H-pyrrole nitrogens is 1. The Labute approximate surface area is 257 Å². The maximum absolute atomic E-state index is 12.9. The van der Waals surface area contributed by atoms with Crippen LogP contribution in [0.2, 0.25) is 5.02 Å². The van der Waals surface area contributed by atoms with Gasteiger partial charge in [-0.3, -0.25) is 9.59 Å². The number of piperidine rings is 2. The van der Waals surface area contributed by atoms with Gasteiger partial charge in [-0.2, -0.15) is 15.0 Å². The number of aromatic amines is 1. The Balaban J connectivity index is 1.25. The molecule has 0 bridgehead atoms. The van der Waals surface area contributed by atoms with Gasteiger partial charge in [-0.05, 0) is 43.2 Å². The number of nitrogens with zero attached hydrogens (tertiary/aromatic N) is 6. The molecule has 2 aromatic heterocycles. The summed E-state index contributed by atoms with van der Waals surface area (Å²) in [7, 11) is 0. The van der Waals surface area contributed by atoms with Crippen molar-refractivity contribution in [2.75, 3.05) is 46.6 Å². The van der Waals surface area contributed by atoms with Crippen molar-refractivity contribution in [1.82, 2.24) is 24.9 Å². The molecule has 4 heterocycles. The summed E-state index contributed by atoms with van der Waals surface area (Å²) in [5.41, 5.74) is 26.0. The van der Waals surface area contributed by atoms with Gasteiger partial charge in [0.2, 0.25) is 17.8 Å². The van der Waals surface area contributed by atoms with Crippen LogP contribution in [-0.2, 0) is 0 Å². The predicted molar refractivity (Wildman–Crippen MR) is 170 cm³/mol. The Bertz CT molecular complexity index is 1690. The van der Waals surface area contributed by atoms with Gasteiger partial charge in [-0.1, -0.05) is 23.7 Å². The zero-order valence-electron chi connectivity index (χ0n) is 23.8. The number of aromatic nitrogens is 5. The Hall–Kier alpha value is -4.41. The molecule has 2 aliphatic rings. The van der Waals surface area contributed by atoms with Gasteiger partial charge in [0, 0.05) is 56.0 Å². The Kier molecular flexibility index (Phi) is 8.29. The first-order valence-corrected chi connectivity index (χ1v) is 14.6. The molecule has 4 unspecified atom stereocenters. The van der Waals surface area contributed by atoms with E-state index in [2.05, 4.69) is 30.6 Å². The minimum atomic E-state index is -0.692. The van der Waals surface area contributed by atoms with Gasteiger partial charge < -0.3 is 48.4 Å². The lowest BCUT2D eigenvalue weighted by Crippen LogP contribution is -2.54. The molecule has 2 aromatic carbocycles. The molecule has 44 heavy (non-hydrogen) atoms. The van der Waals surface area contributed by atoms with E-state index in [1.165, 1.54) is 0 Å². The van der Waals surface area contributed by atoms with Crippen LogP contribution in [0.5, 0.6) is 0 Å². The van der Waals surface area contributed by atoms with E-state index in [-0.39, 0.29) is 40.8 Å². The fourth-order valence-electron chi connectivity index (χ4n) is 5.56. The van der Waals surface area contributed by atoms with E-state index in [1.54, 1.807) is 42.5 Å². The minimum absolute atomic E-state index is 0.117. The summed E-state index contributed by atoms with van der Waals surface area (Å²) in [5, 5.41) is 6.06. The normalized spacial score (nSPS) is 22.2. The molecule has 15 nitrogen and oxygen atoms in total. The molecule has 4 atom stereocenters. The zero-order chi connectivity index (χ0) is 31.0. The molecule has 2 fully saturated rings. The number of hydrogen-bond donors (Lipinski definition) is 7. The van der Waals surface area contributed by atoms with Gasteiger partial charge in [0.15, 0.2) is 5.69 Å². The van der Waals surface area contributed by atoms with Crippen molar-refractivity contribution in [3.8, 4) is 0 Å². The number of amides is 1. The number of nitrogens with two attached hydrogens (primary N) is 4. The number of fused-ring (bicyclic) bond motifs is 1. The third-order valence-electron chi connectivity index (χ3n) is 7.50. The number of hydrogen-bond acceptors (Lipinski definition) is 13. The monoisotopic (exact) mass is 619 g/mol. The van der Waals surface area contributed by atoms with Crippen molar-refractivity contribution >= 4 is 57.8 Å². The second kappa shape index (κ2) is 12.3. The van der Waals surface area contributed by atoms with Gasteiger partial charge in [-0.15, -0.1) is 0 Å². The maximum atomic E-state index is 12.9. The van der Waals surface area contributed by atoms with Crippen molar-refractivity contribution < 1.29 is 4.79 Å². The summed E-state index contributed by atoms with van der Waals surface area (Å²) in [6, 6.07) is 11.4. The number of rotatable bonds is 6. The quantitative estimate of drug-likeness (QED) is 0.156. The Morgan fingerprint density at radius 3 is 2.02 bits per heavy atom. The molecule has 0 aliphatic carbocycles. The summed E-state index contributed by atoms with van der Waals surface area (Å²) in [5.74, 6) is 0.435. The molecular formula is C28H34ClN13O2. The highest BCUT2D eigenvalue weighted by atomic mass is 35.5. The molecule has 1 amide bonds. The third kappa shape index (κ3) is 6.56. The first-order chi connectivity index (χ1) is 21.1.